The number of fused-ring (bicyclic) bond motifs is 1. The fourth-order valence-corrected chi connectivity index (χ4v) is 5.80. The molecular formula is C11H9NO2S3. The average Bonchev–Trinajstić information content (AvgIpc) is 2.81. The molecule has 1 aliphatic rings. The van der Waals surface area contributed by atoms with E-state index in [9.17, 15) is 8.42 Å². The smallest absolute Gasteiger partial charge is 0.172 e. The molecule has 6 heteroatoms. The number of para-hydroxylation sites is 1. The Labute approximate surface area is 107 Å². The summed E-state index contributed by atoms with van der Waals surface area (Å²) in [6.07, 6.45) is 1.74. The van der Waals surface area contributed by atoms with E-state index < -0.39 is 9.84 Å². The Hall–Kier alpha value is -0.850. The lowest BCUT2D eigenvalue weighted by Gasteiger charge is -2.01. The Morgan fingerprint density at radius 2 is 2.18 bits per heavy atom. The van der Waals surface area contributed by atoms with Crippen LogP contribution in [0.3, 0.4) is 0 Å². The van der Waals surface area contributed by atoms with Crippen molar-refractivity contribution in [3.63, 3.8) is 0 Å². The molecule has 17 heavy (non-hydrogen) atoms. The van der Waals surface area contributed by atoms with Gasteiger partial charge in [0.2, 0.25) is 0 Å². The lowest BCUT2D eigenvalue weighted by molar-refractivity contribution is 0.606. The summed E-state index contributed by atoms with van der Waals surface area (Å²) < 4.78 is 24.6. The molecule has 0 saturated heterocycles. The maximum atomic E-state index is 11.3. The third-order valence-corrected chi connectivity index (χ3v) is 6.32. The van der Waals surface area contributed by atoms with E-state index in [4.69, 9.17) is 0 Å². The highest BCUT2D eigenvalue weighted by molar-refractivity contribution is 8.03. The van der Waals surface area contributed by atoms with Crippen LogP contribution in [0.25, 0.3) is 10.2 Å². The Bertz CT molecular complexity index is 655. The zero-order valence-corrected chi connectivity index (χ0v) is 11.2. The standard InChI is InChI=1S/C11H9NO2S3/c13-17(14)6-5-8(7-17)15-11-12-9-3-1-2-4-10(9)16-11/h1-6,8H,7H2/t8-/m1/s1. The second kappa shape index (κ2) is 4.12. The normalized spacial score (nSPS) is 22.2. The number of hydrogen-bond donors (Lipinski definition) is 0. The van der Waals surface area contributed by atoms with E-state index in [0.717, 1.165) is 14.6 Å². The molecule has 88 valence electrons. The molecular weight excluding hydrogens is 274 g/mol. The highest BCUT2D eigenvalue weighted by atomic mass is 32.2. The molecule has 0 N–H and O–H groups in total. The summed E-state index contributed by atoms with van der Waals surface area (Å²) in [4.78, 5) is 4.48. The first-order valence-electron chi connectivity index (χ1n) is 5.06. The number of hydrogen-bond acceptors (Lipinski definition) is 5. The van der Waals surface area contributed by atoms with Crippen LogP contribution < -0.4 is 0 Å². The van der Waals surface area contributed by atoms with Crippen LogP contribution in [0.4, 0.5) is 0 Å². The van der Waals surface area contributed by atoms with Crippen LogP contribution in [0.1, 0.15) is 0 Å². The van der Waals surface area contributed by atoms with Gasteiger partial charge in [0, 0.05) is 10.7 Å². The van der Waals surface area contributed by atoms with Gasteiger partial charge in [-0.05, 0) is 12.1 Å². The lowest BCUT2D eigenvalue weighted by atomic mass is 10.3. The van der Waals surface area contributed by atoms with Crippen LogP contribution in [0.15, 0.2) is 40.1 Å². The van der Waals surface area contributed by atoms with Crippen molar-refractivity contribution in [2.75, 3.05) is 5.75 Å². The molecule has 2 aromatic rings. The molecule has 3 nitrogen and oxygen atoms in total. The quantitative estimate of drug-likeness (QED) is 0.850. The molecule has 1 atom stereocenters. The number of thiazole rings is 1. The summed E-state index contributed by atoms with van der Waals surface area (Å²) in [5.74, 6) is 0.188. The van der Waals surface area contributed by atoms with E-state index in [-0.39, 0.29) is 11.0 Å². The van der Waals surface area contributed by atoms with E-state index in [1.54, 1.807) is 17.4 Å². The molecule has 1 aromatic heterocycles. The van der Waals surface area contributed by atoms with E-state index in [1.807, 2.05) is 24.3 Å². The van der Waals surface area contributed by atoms with Crippen molar-refractivity contribution < 1.29 is 8.42 Å². The molecule has 3 rings (SSSR count). The van der Waals surface area contributed by atoms with Gasteiger partial charge >= 0.3 is 0 Å². The van der Waals surface area contributed by atoms with Crippen LogP contribution in [0, 0.1) is 0 Å². The predicted octanol–water partition coefficient (Wildman–Crippen LogP) is 2.70. The van der Waals surface area contributed by atoms with Crippen molar-refractivity contribution in [2.24, 2.45) is 0 Å². The van der Waals surface area contributed by atoms with Crippen molar-refractivity contribution in [3.8, 4) is 0 Å². The van der Waals surface area contributed by atoms with Gasteiger partial charge < -0.3 is 0 Å². The molecule has 0 saturated carbocycles. The molecule has 0 bridgehead atoms. The molecule has 0 fully saturated rings. The number of rotatable bonds is 2. The number of nitrogens with zero attached hydrogens (tertiary/aromatic N) is 1. The third kappa shape index (κ3) is 2.38. The number of sulfone groups is 1. The second-order valence-electron chi connectivity index (χ2n) is 3.76. The van der Waals surface area contributed by atoms with Crippen molar-refractivity contribution >= 4 is 43.2 Å². The van der Waals surface area contributed by atoms with Gasteiger partial charge in [-0.25, -0.2) is 13.4 Å². The summed E-state index contributed by atoms with van der Waals surface area (Å²) in [5.41, 5.74) is 0.977. The Kier molecular flexibility index (Phi) is 2.72. The fraction of sp³-hybridized carbons (Fsp3) is 0.182. The van der Waals surface area contributed by atoms with Crippen LogP contribution in [0.2, 0.25) is 0 Å². The van der Waals surface area contributed by atoms with Crippen LogP contribution in [0.5, 0.6) is 0 Å². The highest BCUT2D eigenvalue weighted by Crippen LogP contribution is 2.34. The minimum atomic E-state index is -2.97. The number of thioether (sulfide) groups is 1. The number of benzene rings is 1. The SMILES string of the molecule is O=S1(=O)C=C[C@@H](Sc2nc3ccccc3s2)C1. The molecule has 2 heterocycles. The average molecular weight is 283 g/mol. The first-order chi connectivity index (χ1) is 8.12. The summed E-state index contributed by atoms with van der Waals surface area (Å²) in [6.45, 7) is 0. The number of aromatic nitrogens is 1. The first-order valence-corrected chi connectivity index (χ1v) is 8.47. The van der Waals surface area contributed by atoms with E-state index in [2.05, 4.69) is 4.98 Å². The fourth-order valence-electron chi connectivity index (χ4n) is 1.65. The van der Waals surface area contributed by atoms with E-state index in [1.165, 1.54) is 17.2 Å². The van der Waals surface area contributed by atoms with Crippen molar-refractivity contribution in [1.82, 2.24) is 4.98 Å². The molecule has 0 aliphatic carbocycles. The Morgan fingerprint density at radius 3 is 2.88 bits per heavy atom. The van der Waals surface area contributed by atoms with Gasteiger partial charge in [-0.3, -0.25) is 0 Å². The molecule has 1 aromatic carbocycles. The Morgan fingerprint density at radius 1 is 1.35 bits per heavy atom. The van der Waals surface area contributed by atoms with Gasteiger partial charge in [0.1, 0.15) is 0 Å². The van der Waals surface area contributed by atoms with Crippen LogP contribution >= 0.6 is 23.1 Å². The summed E-state index contributed by atoms with van der Waals surface area (Å²) >= 11 is 3.13. The highest BCUT2D eigenvalue weighted by Gasteiger charge is 2.23. The molecule has 0 spiro atoms. The molecule has 1 aliphatic heterocycles. The van der Waals surface area contributed by atoms with E-state index >= 15 is 0 Å². The molecule has 0 amide bonds. The van der Waals surface area contributed by atoms with Gasteiger partial charge in [-0.1, -0.05) is 30.0 Å². The van der Waals surface area contributed by atoms with Gasteiger partial charge in [-0.15, -0.1) is 11.3 Å². The second-order valence-corrected chi connectivity index (χ2v) is 8.21. The minimum Gasteiger partial charge on any atom is -0.230 e. The monoisotopic (exact) mass is 283 g/mol. The minimum absolute atomic E-state index is 0.000521. The maximum absolute atomic E-state index is 11.3. The zero-order valence-electron chi connectivity index (χ0n) is 8.74. The summed E-state index contributed by atoms with van der Waals surface area (Å²) in [6, 6.07) is 7.93. The van der Waals surface area contributed by atoms with Gasteiger partial charge in [-0.2, -0.15) is 0 Å². The van der Waals surface area contributed by atoms with Crippen molar-refractivity contribution in [3.05, 3.63) is 35.7 Å². The van der Waals surface area contributed by atoms with Crippen LogP contribution in [-0.4, -0.2) is 24.4 Å². The molecule has 0 unspecified atom stereocenters. The lowest BCUT2D eigenvalue weighted by Crippen LogP contribution is -2.06. The topological polar surface area (TPSA) is 47.0 Å². The van der Waals surface area contributed by atoms with E-state index in [0.29, 0.717) is 0 Å². The Balaban J connectivity index is 1.84. The van der Waals surface area contributed by atoms with Gasteiger partial charge in [0.15, 0.2) is 14.2 Å². The predicted molar refractivity (Wildman–Crippen MR) is 72.2 cm³/mol. The van der Waals surface area contributed by atoms with Gasteiger partial charge in [0.05, 0.1) is 16.0 Å². The first kappa shape index (κ1) is 11.3. The van der Waals surface area contributed by atoms with Crippen molar-refractivity contribution in [2.45, 2.75) is 9.59 Å². The van der Waals surface area contributed by atoms with Gasteiger partial charge in [0.25, 0.3) is 0 Å². The van der Waals surface area contributed by atoms with Crippen LogP contribution in [-0.2, 0) is 9.84 Å². The molecule has 0 radical (unpaired) electrons. The maximum Gasteiger partial charge on any atom is 0.172 e. The third-order valence-electron chi connectivity index (χ3n) is 2.42. The summed E-state index contributed by atoms with van der Waals surface area (Å²) in [7, 11) is -2.97. The zero-order chi connectivity index (χ0) is 11.9. The largest absolute Gasteiger partial charge is 0.230 e. The van der Waals surface area contributed by atoms with Crippen molar-refractivity contribution in [1.29, 1.82) is 0 Å². The summed E-state index contributed by atoms with van der Waals surface area (Å²) in [5, 5.41) is 1.30.